The molecule has 0 radical (unpaired) electrons. The number of oxazole rings is 1. The van der Waals surface area contributed by atoms with Crippen LogP contribution in [0.2, 0.25) is 0 Å². The van der Waals surface area contributed by atoms with E-state index < -0.39 is 0 Å². The van der Waals surface area contributed by atoms with Crippen molar-refractivity contribution < 1.29 is 4.42 Å². The minimum Gasteiger partial charge on any atom is -0.432 e. The van der Waals surface area contributed by atoms with E-state index in [1.54, 1.807) is 6.26 Å². The van der Waals surface area contributed by atoms with Crippen LogP contribution in [0.3, 0.4) is 0 Å². The lowest BCUT2D eigenvalue weighted by molar-refractivity contribution is 0.499. The second-order valence-corrected chi connectivity index (χ2v) is 4.08. The quantitative estimate of drug-likeness (QED) is 0.801. The zero-order valence-corrected chi connectivity index (χ0v) is 8.75. The Balaban J connectivity index is 1.79. The summed E-state index contributed by atoms with van der Waals surface area (Å²) in [5, 5.41) is 2.90. The fraction of sp³-hybridized carbons (Fsp3) is 0.727. The van der Waals surface area contributed by atoms with E-state index in [0.29, 0.717) is 6.01 Å². The van der Waals surface area contributed by atoms with Crippen molar-refractivity contribution in [3.8, 4) is 0 Å². The van der Waals surface area contributed by atoms with E-state index in [1.807, 2.05) is 7.05 Å². The summed E-state index contributed by atoms with van der Waals surface area (Å²) < 4.78 is 5.21. The van der Waals surface area contributed by atoms with Crippen LogP contribution in [0.15, 0.2) is 10.7 Å². The van der Waals surface area contributed by atoms with E-state index >= 15 is 0 Å². The Bertz CT molecular complexity index is 277. The summed E-state index contributed by atoms with van der Waals surface area (Å²) in [6, 6.07) is 0.631. The Morgan fingerprint density at radius 1 is 1.50 bits per heavy atom. The summed E-state index contributed by atoms with van der Waals surface area (Å²) in [5.41, 5.74) is 1.08. The minimum absolute atomic E-state index is 0.631. The third-order valence-electron chi connectivity index (χ3n) is 3.05. The van der Waals surface area contributed by atoms with E-state index in [1.165, 1.54) is 32.1 Å². The van der Waals surface area contributed by atoms with Crippen molar-refractivity contribution in [2.24, 2.45) is 5.92 Å². The molecule has 2 rings (SSSR count). The van der Waals surface area contributed by atoms with Gasteiger partial charge in [0, 0.05) is 7.05 Å². The molecule has 0 bridgehead atoms. The van der Waals surface area contributed by atoms with Gasteiger partial charge in [0.1, 0.15) is 6.26 Å². The van der Waals surface area contributed by atoms with Crippen LogP contribution in [0.25, 0.3) is 0 Å². The molecule has 1 aromatic heterocycles. The summed E-state index contributed by atoms with van der Waals surface area (Å²) in [7, 11) is 1.83. The van der Waals surface area contributed by atoms with Gasteiger partial charge in [-0.3, -0.25) is 0 Å². The Morgan fingerprint density at radius 3 is 2.93 bits per heavy atom. The van der Waals surface area contributed by atoms with Crippen LogP contribution in [-0.4, -0.2) is 12.0 Å². The molecule has 0 unspecified atom stereocenters. The average Bonchev–Trinajstić information content (AvgIpc) is 2.86. The summed E-state index contributed by atoms with van der Waals surface area (Å²) in [4.78, 5) is 4.31. The van der Waals surface area contributed by atoms with Gasteiger partial charge in [-0.1, -0.05) is 25.7 Å². The molecule has 0 saturated heterocycles. The molecule has 1 N–H and O–H groups in total. The molecule has 0 aromatic carbocycles. The molecule has 1 fully saturated rings. The minimum atomic E-state index is 0.631. The molecule has 3 heteroatoms. The molecule has 0 amide bonds. The number of aromatic nitrogens is 1. The highest BCUT2D eigenvalue weighted by Crippen LogP contribution is 2.28. The van der Waals surface area contributed by atoms with Gasteiger partial charge in [-0.15, -0.1) is 0 Å². The van der Waals surface area contributed by atoms with Crippen molar-refractivity contribution in [3.05, 3.63) is 12.0 Å². The van der Waals surface area contributed by atoms with Crippen LogP contribution in [0.1, 0.15) is 37.8 Å². The lowest BCUT2D eigenvalue weighted by Crippen LogP contribution is -1.96. The van der Waals surface area contributed by atoms with E-state index in [-0.39, 0.29) is 0 Å². The summed E-state index contributed by atoms with van der Waals surface area (Å²) >= 11 is 0. The maximum atomic E-state index is 5.21. The Hall–Kier alpha value is -0.990. The molecular weight excluding hydrogens is 176 g/mol. The molecule has 1 heterocycles. The first-order valence-electron chi connectivity index (χ1n) is 5.50. The normalized spacial score (nSPS) is 17.5. The van der Waals surface area contributed by atoms with Crippen molar-refractivity contribution in [3.63, 3.8) is 0 Å². The van der Waals surface area contributed by atoms with Gasteiger partial charge in [0.25, 0.3) is 6.01 Å². The van der Waals surface area contributed by atoms with Crippen molar-refractivity contribution in [2.45, 2.75) is 38.5 Å². The zero-order valence-electron chi connectivity index (χ0n) is 8.75. The van der Waals surface area contributed by atoms with Gasteiger partial charge < -0.3 is 9.73 Å². The Kier molecular flexibility index (Phi) is 3.07. The standard InChI is InChI=1S/C11H18N2O/c1-12-11-13-10(8-14-11)7-6-9-4-2-3-5-9/h8-9H,2-7H2,1H3,(H,12,13). The van der Waals surface area contributed by atoms with Crippen molar-refractivity contribution in [1.29, 1.82) is 0 Å². The van der Waals surface area contributed by atoms with Gasteiger partial charge in [-0.25, -0.2) is 0 Å². The van der Waals surface area contributed by atoms with Gasteiger partial charge in [0.15, 0.2) is 0 Å². The smallest absolute Gasteiger partial charge is 0.294 e. The number of hydrogen-bond donors (Lipinski definition) is 1. The fourth-order valence-electron chi connectivity index (χ4n) is 2.19. The Labute approximate surface area is 84.9 Å². The lowest BCUT2D eigenvalue weighted by atomic mass is 10.0. The highest BCUT2D eigenvalue weighted by Gasteiger charge is 2.15. The molecule has 14 heavy (non-hydrogen) atoms. The van der Waals surface area contributed by atoms with Crippen molar-refractivity contribution in [1.82, 2.24) is 4.98 Å². The predicted molar refractivity (Wildman–Crippen MR) is 56.3 cm³/mol. The molecule has 0 aliphatic heterocycles. The maximum Gasteiger partial charge on any atom is 0.294 e. The number of rotatable bonds is 4. The predicted octanol–water partition coefficient (Wildman–Crippen LogP) is 2.84. The third kappa shape index (κ3) is 2.28. The summed E-state index contributed by atoms with van der Waals surface area (Å²) in [5.74, 6) is 0.935. The number of nitrogens with zero attached hydrogens (tertiary/aromatic N) is 1. The van der Waals surface area contributed by atoms with E-state index in [4.69, 9.17) is 4.42 Å². The molecule has 78 valence electrons. The van der Waals surface area contributed by atoms with Gasteiger partial charge in [0.2, 0.25) is 0 Å². The van der Waals surface area contributed by atoms with Crippen molar-refractivity contribution in [2.75, 3.05) is 12.4 Å². The molecular formula is C11H18N2O. The second kappa shape index (κ2) is 4.49. The largest absolute Gasteiger partial charge is 0.432 e. The maximum absolute atomic E-state index is 5.21. The topological polar surface area (TPSA) is 38.1 Å². The van der Waals surface area contributed by atoms with Gasteiger partial charge in [0.05, 0.1) is 5.69 Å². The van der Waals surface area contributed by atoms with E-state index in [9.17, 15) is 0 Å². The number of aryl methyl sites for hydroxylation is 1. The van der Waals surface area contributed by atoms with Crippen LogP contribution in [0.4, 0.5) is 6.01 Å². The number of anilines is 1. The second-order valence-electron chi connectivity index (χ2n) is 4.08. The van der Waals surface area contributed by atoms with Gasteiger partial charge in [-0.2, -0.15) is 4.98 Å². The molecule has 1 aromatic rings. The third-order valence-corrected chi connectivity index (χ3v) is 3.05. The van der Waals surface area contributed by atoms with Crippen LogP contribution in [0.5, 0.6) is 0 Å². The molecule has 0 spiro atoms. The molecule has 0 atom stereocenters. The number of hydrogen-bond acceptors (Lipinski definition) is 3. The fourth-order valence-corrected chi connectivity index (χ4v) is 2.19. The highest BCUT2D eigenvalue weighted by molar-refractivity contribution is 5.19. The first-order valence-corrected chi connectivity index (χ1v) is 5.50. The summed E-state index contributed by atoms with van der Waals surface area (Å²) in [6.07, 6.45) is 9.77. The van der Waals surface area contributed by atoms with E-state index in [0.717, 1.165) is 18.0 Å². The first-order chi connectivity index (χ1) is 6.88. The van der Waals surface area contributed by atoms with Gasteiger partial charge >= 0.3 is 0 Å². The lowest BCUT2D eigenvalue weighted by Gasteiger charge is -2.05. The van der Waals surface area contributed by atoms with Crippen LogP contribution in [-0.2, 0) is 6.42 Å². The van der Waals surface area contributed by atoms with Crippen LogP contribution >= 0.6 is 0 Å². The molecule has 1 aliphatic rings. The van der Waals surface area contributed by atoms with Crippen LogP contribution < -0.4 is 5.32 Å². The summed E-state index contributed by atoms with van der Waals surface area (Å²) in [6.45, 7) is 0. The SMILES string of the molecule is CNc1nc(CCC2CCCC2)co1. The number of nitrogens with one attached hydrogen (secondary N) is 1. The molecule has 1 aliphatic carbocycles. The first kappa shape index (κ1) is 9.56. The van der Waals surface area contributed by atoms with Crippen molar-refractivity contribution >= 4 is 6.01 Å². The Morgan fingerprint density at radius 2 is 2.29 bits per heavy atom. The average molecular weight is 194 g/mol. The van der Waals surface area contributed by atoms with Gasteiger partial charge in [-0.05, 0) is 18.8 Å². The van der Waals surface area contributed by atoms with Crippen LogP contribution in [0, 0.1) is 5.92 Å². The van der Waals surface area contributed by atoms with E-state index in [2.05, 4.69) is 10.3 Å². The molecule has 3 nitrogen and oxygen atoms in total. The molecule has 1 saturated carbocycles. The highest BCUT2D eigenvalue weighted by atomic mass is 16.4. The zero-order chi connectivity index (χ0) is 9.80. The monoisotopic (exact) mass is 194 g/mol.